The summed E-state index contributed by atoms with van der Waals surface area (Å²) in [6, 6.07) is 3.29. The number of unbranched alkanes of at least 4 members (excludes halogenated alkanes) is 2. The van der Waals surface area contributed by atoms with E-state index in [0.29, 0.717) is 62.9 Å². The van der Waals surface area contributed by atoms with Gasteiger partial charge in [0.15, 0.2) is 0 Å². The molecule has 0 aliphatic carbocycles. The number of ether oxygens (including phenoxy) is 2. The highest BCUT2D eigenvalue weighted by molar-refractivity contribution is 5.69. The molecule has 2 N–H and O–H groups in total. The van der Waals surface area contributed by atoms with Crippen molar-refractivity contribution in [2.45, 2.75) is 117 Å². The number of phenolic OH excluding ortho intramolecular Hbond substituents is 2. The first kappa shape index (κ1) is 29.8. The lowest BCUT2D eigenvalue weighted by Gasteiger charge is -2.30. The fourth-order valence-corrected chi connectivity index (χ4v) is 4.08. The first-order chi connectivity index (χ1) is 15.9. The molecule has 6 nitrogen and oxygen atoms in total. The third-order valence-corrected chi connectivity index (χ3v) is 6.46. The molecule has 0 heterocycles. The molecular formula is C28H46O6. The lowest BCUT2D eigenvalue weighted by Crippen LogP contribution is -2.21. The van der Waals surface area contributed by atoms with Gasteiger partial charge in [0.2, 0.25) is 0 Å². The number of aromatic hydroxyl groups is 2. The van der Waals surface area contributed by atoms with E-state index in [1.54, 1.807) is 12.1 Å². The van der Waals surface area contributed by atoms with Gasteiger partial charge in [-0.1, -0.05) is 54.4 Å². The van der Waals surface area contributed by atoms with Gasteiger partial charge in [-0.2, -0.15) is 0 Å². The van der Waals surface area contributed by atoms with E-state index in [1.165, 1.54) is 0 Å². The highest BCUT2D eigenvalue weighted by Gasteiger charge is 2.30. The minimum Gasteiger partial charge on any atom is -0.508 e. The van der Waals surface area contributed by atoms with E-state index in [1.807, 2.05) is 27.7 Å². The Kier molecular flexibility index (Phi) is 12.5. The molecule has 6 heteroatoms. The molecule has 0 saturated heterocycles. The van der Waals surface area contributed by atoms with Crippen LogP contribution in [0, 0.1) is 0 Å². The molecule has 1 rings (SSSR count). The largest absolute Gasteiger partial charge is 0.508 e. The van der Waals surface area contributed by atoms with Crippen molar-refractivity contribution in [2.24, 2.45) is 0 Å². The minimum absolute atomic E-state index is 0.135. The van der Waals surface area contributed by atoms with Crippen LogP contribution in [0.4, 0.5) is 0 Å². The average Bonchev–Trinajstić information content (AvgIpc) is 2.75. The molecule has 194 valence electrons. The summed E-state index contributed by atoms with van der Waals surface area (Å²) in [5.41, 5.74) is 0.471. The van der Waals surface area contributed by atoms with Gasteiger partial charge in [-0.25, -0.2) is 0 Å². The first-order valence-electron chi connectivity index (χ1n) is 12.8. The summed E-state index contributed by atoms with van der Waals surface area (Å²) in [6.07, 6.45) is 7.02. The minimum atomic E-state index is -0.420. The number of carbonyl (C=O) groups excluding carboxylic acids is 2. The summed E-state index contributed by atoms with van der Waals surface area (Å²) >= 11 is 0. The average molecular weight is 479 g/mol. The second-order valence-corrected chi connectivity index (χ2v) is 10.5. The smallest absolute Gasteiger partial charge is 0.305 e. The van der Waals surface area contributed by atoms with E-state index < -0.39 is 10.8 Å². The summed E-state index contributed by atoms with van der Waals surface area (Å²) in [6.45, 7) is 13.0. The second-order valence-electron chi connectivity index (χ2n) is 10.5. The first-order valence-corrected chi connectivity index (χ1v) is 12.8. The number of rotatable bonds is 16. The number of carbonyl (C=O) groups is 2. The Bertz CT molecular complexity index is 716. The van der Waals surface area contributed by atoms with E-state index in [4.69, 9.17) is 9.47 Å². The molecule has 1 aromatic carbocycles. The van der Waals surface area contributed by atoms with Crippen molar-refractivity contribution in [3.8, 4) is 11.5 Å². The van der Waals surface area contributed by atoms with Gasteiger partial charge in [0.25, 0.3) is 0 Å². The highest BCUT2D eigenvalue weighted by atomic mass is 16.5. The van der Waals surface area contributed by atoms with E-state index in [0.717, 1.165) is 25.7 Å². The molecule has 0 spiro atoms. The SMILES string of the molecule is CCCCOC(=O)CCCC(C)(C)c1cc(O)c(C(C)(C)CCCC(=O)OCCCC)cc1O. The Labute approximate surface area is 206 Å². The Morgan fingerprint density at radius 1 is 0.706 bits per heavy atom. The summed E-state index contributed by atoms with van der Waals surface area (Å²) in [5, 5.41) is 21.6. The molecule has 0 aliphatic heterocycles. The normalized spacial score (nSPS) is 11.9. The molecule has 0 radical (unpaired) electrons. The van der Waals surface area contributed by atoms with Crippen molar-refractivity contribution in [3.05, 3.63) is 23.3 Å². The molecule has 0 fully saturated rings. The van der Waals surface area contributed by atoms with E-state index in [9.17, 15) is 19.8 Å². The summed E-state index contributed by atoms with van der Waals surface area (Å²) in [5.74, 6) is -0.115. The predicted octanol–water partition coefficient (Wildman–Crippen LogP) is 6.68. The predicted molar refractivity (Wildman–Crippen MR) is 135 cm³/mol. The Morgan fingerprint density at radius 3 is 1.38 bits per heavy atom. The van der Waals surface area contributed by atoms with E-state index in [-0.39, 0.29) is 23.4 Å². The van der Waals surface area contributed by atoms with Crippen LogP contribution >= 0.6 is 0 Å². The van der Waals surface area contributed by atoms with Gasteiger partial charge in [0.1, 0.15) is 11.5 Å². The van der Waals surface area contributed by atoms with Gasteiger partial charge < -0.3 is 19.7 Å². The van der Waals surface area contributed by atoms with Gasteiger partial charge in [-0.15, -0.1) is 0 Å². The zero-order valence-electron chi connectivity index (χ0n) is 22.2. The van der Waals surface area contributed by atoms with E-state index in [2.05, 4.69) is 13.8 Å². The van der Waals surface area contributed by atoms with Gasteiger partial charge in [0, 0.05) is 24.0 Å². The van der Waals surface area contributed by atoms with Crippen LogP contribution in [0.15, 0.2) is 12.1 Å². The van der Waals surface area contributed by atoms with Crippen LogP contribution in [0.5, 0.6) is 11.5 Å². The summed E-state index contributed by atoms with van der Waals surface area (Å²) in [4.78, 5) is 23.7. The van der Waals surface area contributed by atoms with Gasteiger partial charge in [-0.05, 0) is 61.5 Å². The number of hydrogen-bond donors (Lipinski definition) is 2. The number of esters is 2. The quantitative estimate of drug-likeness (QED) is 0.156. The van der Waals surface area contributed by atoms with Gasteiger partial charge >= 0.3 is 11.9 Å². The molecule has 0 unspecified atom stereocenters. The molecule has 0 saturated carbocycles. The lowest BCUT2D eigenvalue weighted by atomic mass is 9.75. The third kappa shape index (κ3) is 9.94. The fourth-order valence-electron chi connectivity index (χ4n) is 4.08. The van der Waals surface area contributed by atoms with Crippen molar-refractivity contribution < 1.29 is 29.3 Å². The molecule has 0 amide bonds. The Balaban J connectivity index is 2.74. The molecule has 0 aliphatic rings. The molecular weight excluding hydrogens is 432 g/mol. The van der Waals surface area contributed by atoms with Gasteiger partial charge in [-0.3, -0.25) is 9.59 Å². The van der Waals surface area contributed by atoms with Crippen LogP contribution in [0.2, 0.25) is 0 Å². The zero-order chi connectivity index (χ0) is 25.8. The van der Waals surface area contributed by atoms with Crippen LogP contribution in [0.25, 0.3) is 0 Å². The monoisotopic (exact) mass is 478 g/mol. The topological polar surface area (TPSA) is 93.1 Å². The van der Waals surface area contributed by atoms with Gasteiger partial charge in [0.05, 0.1) is 13.2 Å². The van der Waals surface area contributed by atoms with Crippen molar-refractivity contribution in [3.63, 3.8) is 0 Å². The number of benzene rings is 1. The van der Waals surface area contributed by atoms with Crippen LogP contribution in [-0.4, -0.2) is 35.4 Å². The number of hydrogen-bond acceptors (Lipinski definition) is 6. The van der Waals surface area contributed by atoms with Crippen LogP contribution in [0.1, 0.15) is 117 Å². The Morgan fingerprint density at radius 2 is 1.06 bits per heavy atom. The maximum atomic E-state index is 11.9. The highest BCUT2D eigenvalue weighted by Crippen LogP contribution is 2.43. The molecule has 34 heavy (non-hydrogen) atoms. The lowest BCUT2D eigenvalue weighted by molar-refractivity contribution is -0.144. The zero-order valence-corrected chi connectivity index (χ0v) is 22.2. The fraction of sp³-hybridized carbons (Fsp3) is 0.714. The van der Waals surface area contributed by atoms with Crippen LogP contribution in [0.3, 0.4) is 0 Å². The summed E-state index contributed by atoms with van der Waals surface area (Å²) in [7, 11) is 0. The van der Waals surface area contributed by atoms with Crippen molar-refractivity contribution in [1.29, 1.82) is 0 Å². The standard InChI is InChI=1S/C28H46O6/c1-7-9-17-33-25(31)13-11-15-27(3,4)21-19-24(30)22(20-23(21)29)28(5,6)16-12-14-26(32)34-18-10-8-2/h19-20,29-30H,7-18H2,1-6H3. The second kappa shape index (κ2) is 14.2. The molecule has 0 aromatic heterocycles. The van der Waals surface area contributed by atoms with Crippen molar-refractivity contribution in [1.82, 2.24) is 0 Å². The maximum absolute atomic E-state index is 11.9. The molecule has 0 atom stereocenters. The van der Waals surface area contributed by atoms with Crippen molar-refractivity contribution >= 4 is 11.9 Å². The number of phenols is 2. The van der Waals surface area contributed by atoms with E-state index >= 15 is 0 Å². The Hall–Kier alpha value is -2.24. The van der Waals surface area contributed by atoms with Crippen molar-refractivity contribution in [2.75, 3.05) is 13.2 Å². The maximum Gasteiger partial charge on any atom is 0.305 e. The van der Waals surface area contributed by atoms with Crippen LogP contribution in [-0.2, 0) is 29.9 Å². The van der Waals surface area contributed by atoms with Crippen LogP contribution < -0.4 is 0 Å². The third-order valence-electron chi connectivity index (χ3n) is 6.46. The molecule has 0 bridgehead atoms. The summed E-state index contributed by atoms with van der Waals surface area (Å²) < 4.78 is 10.4. The molecule has 1 aromatic rings.